The lowest BCUT2D eigenvalue weighted by molar-refractivity contribution is -0.117. The lowest BCUT2D eigenvalue weighted by atomic mass is 9.90. The van der Waals surface area contributed by atoms with Gasteiger partial charge in [0.15, 0.2) is 16.6 Å². The highest BCUT2D eigenvalue weighted by molar-refractivity contribution is 7.16. The summed E-state index contributed by atoms with van der Waals surface area (Å²) in [5, 5.41) is 6.30. The van der Waals surface area contributed by atoms with E-state index in [4.69, 9.17) is 14.2 Å². The number of fused-ring (bicyclic) bond motifs is 2. The molecule has 0 bridgehead atoms. The summed E-state index contributed by atoms with van der Waals surface area (Å²) >= 11 is 1.42. The number of thiazole rings is 1. The molecule has 2 amide bonds. The molecule has 2 heterocycles. The molecule has 1 aromatic heterocycles. The van der Waals surface area contributed by atoms with Crippen LogP contribution in [0.2, 0.25) is 0 Å². The van der Waals surface area contributed by atoms with Crippen molar-refractivity contribution in [3.8, 4) is 17.2 Å². The van der Waals surface area contributed by atoms with Crippen LogP contribution in [-0.2, 0) is 11.2 Å². The zero-order valence-electron chi connectivity index (χ0n) is 17.3. The number of anilines is 2. The molecule has 164 valence electrons. The predicted octanol–water partition coefficient (Wildman–Crippen LogP) is 4.19. The maximum Gasteiger partial charge on any atom is 0.257 e. The molecule has 1 aliphatic carbocycles. The molecule has 1 aliphatic heterocycles. The van der Waals surface area contributed by atoms with E-state index in [1.54, 1.807) is 49.6 Å². The van der Waals surface area contributed by atoms with Crippen molar-refractivity contribution in [3.05, 3.63) is 58.6 Å². The first kappa shape index (κ1) is 20.3. The molecular formula is C23H21N3O5S. The van der Waals surface area contributed by atoms with Crippen LogP contribution >= 0.6 is 11.3 Å². The maximum atomic E-state index is 13.0. The summed E-state index contributed by atoms with van der Waals surface area (Å²) < 4.78 is 15.8. The summed E-state index contributed by atoms with van der Waals surface area (Å²) in [7, 11) is 1.60. The number of rotatable bonds is 5. The number of aromatic nitrogens is 1. The van der Waals surface area contributed by atoms with E-state index < -0.39 is 0 Å². The van der Waals surface area contributed by atoms with E-state index in [1.165, 1.54) is 11.3 Å². The molecule has 0 radical (unpaired) electrons. The number of ether oxygens (including phenoxy) is 3. The lowest BCUT2D eigenvalue weighted by Crippen LogP contribution is -2.24. The number of carbonyl (C=O) groups is 2. The second-order valence-corrected chi connectivity index (χ2v) is 8.60. The van der Waals surface area contributed by atoms with Gasteiger partial charge in [0.05, 0.1) is 18.7 Å². The summed E-state index contributed by atoms with van der Waals surface area (Å²) in [6, 6.07) is 12.3. The molecule has 0 saturated carbocycles. The van der Waals surface area contributed by atoms with Gasteiger partial charge in [-0.15, -0.1) is 11.3 Å². The molecule has 3 aromatic rings. The molecule has 0 saturated heterocycles. The topological polar surface area (TPSA) is 98.8 Å². The fraction of sp³-hybridized carbons (Fsp3) is 0.261. The van der Waals surface area contributed by atoms with Gasteiger partial charge in [-0.25, -0.2) is 4.98 Å². The van der Waals surface area contributed by atoms with Gasteiger partial charge in [-0.05, 0) is 61.7 Å². The van der Waals surface area contributed by atoms with Crippen LogP contribution < -0.4 is 24.8 Å². The highest BCUT2D eigenvalue weighted by Crippen LogP contribution is 2.38. The van der Waals surface area contributed by atoms with E-state index in [-0.39, 0.29) is 24.5 Å². The minimum Gasteiger partial charge on any atom is -0.497 e. The summed E-state index contributed by atoms with van der Waals surface area (Å²) in [5.41, 5.74) is 1.90. The maximum absolute atomic E-state index is 13.0. The number of carbonyl (C=O) groups excluding carboxylic acids is 2. The Hall–Kier alpha value is -3.59. The Morgan fingerprint density at radius 2 is 1.91 bits per heavy atom. The number of hydrogen-bond donors (Lipinski definition) is 2. The van der Waals surface area contributed by atoms with E-state index in [9.17, 15) is 9.59 Å². The Labute approximate surface area is 188 Å². The Kier molecular flexibility index (Phi) is 5.40. The summed E-state index contributed by atoms with van der Waals surface area (Å²) in [5.74, 6) is 1.16. The first-order valence-corrected chi connectivity index (χ1v) is 11.1. The van der Waals surface area contributed by atoms with E-state index in [2.05, 4.69) is 15.6 Å². The second kappa shape index (κ2) is 8.51. The van der Waals surface area contributed by atoms with Gasteiger partial charge in [-0.3, -0.25) is 14.9 Å². The predicted molar refractivity (Wildman–Crippen MR) is 120 cm³/mol. The third-order valence-corrected chi connectivity index (χ3v) is 6.53. The number of hydrogen-bond acceptors (Lipinski definition) is 7. The Balaban J connectivity index is 1.30. The molecule has 0 spiro atoms. The van der Waals surface area contributed by atoms with Gasteiger partial charge in [0.1, 0.15) is 5.75 Å². The minimum atomic E-state index is -0.353. The van der Waals surface area contributed by atoms with Gasteiger partial charge in [-0.1, -0.05) is 0 Å². The van der Waals surface area contributed by atoms with Gasteiger partial charge in [-0.2, -0.15) is 0 Å². The summed E-state index contributed by atoms with van der Waals surface area (Å²) in [6.45, 7) is 0.152. The van der Waals surface area contributed by atoms with E-state index in [0.717, 1.165) is 29.2 Å². The van der Waals surface area contributed by atoms with Crippen molar-refractivity contribution < 1.29 is 23.8 Å². The second-order valence-electron chi connectivity index (χ2n) is 7.51. The zero-order chi connectivity index (χ0) is 22.1. The summed E-state index contributed by atoms with van der Waals surface area (Å²) in [6.07, 6.45) is 2.46. The van der Waals surface area contributed by atoms with Crippen LogP contribution in [0.15, 0.2) is 42.5 Å². The van der Waals surface area contributed by atoms with Crippen LogP contribution in [-0.4, -0.2) is 30.7 Å². The monoisotopic (exact) mass is 451 g/mol. The van der Waals surface area contributed by atoms with Crippen LogP contribution in [0, 0.1) is 0 Å². The van der Waals surface area contributed by atoms with Gasteiger partial charge in [0, 0.05) is 16.1 Å². The quantitative estimate of drug-likeness (QED) is 0.604. The van der Waals surface area contributed by atoms with Crippen molar-refractivity contribution in [1.29, 1.82) is 0 Å². The smallest absolute Gasteiger partial charge is 0.257 e. The molecule has 2 aromatic carbocycles. The summed E-state index contributed by atoms with van der Waals surface area (Å²) in [4.78, 5) is 31.3. The molecule has 8 nitrogen and oxygen atoms in total. The fourth-order valence-corrected chi connectivity index (χ4v) is 4.90. The van der Waals surface area contributed by atoms with Gasteiger partial charge in [0.2, 0.25) is 12.7 Å². The van der Waals surface area contributed by atoms with E-state index in [0.29, 0.717) is 34.3 Å². The number of nitrogens with zero attached hydrogens (tertiary/aromatic N) is 1. The largest absolute Gasteiger partial charge is 0.497 e. The first-order valence-electron chi connectivity index (χ1n) is 10.3. The molecule has 1 unspecified atom stereocenters. The van der Waals surface area contributed by atoms with Crippen molar-refractivity contribution >= 4 is 34.0 Å². The lowest BCUT2D eigenvalue weighted by Gasteiger charge is -2.20. The average Bonchev–Trinajstić information content (AvgIpc) is 3.45. The molecule has 2 N–H and O–H groups in total. The number of benzene rings is 2. The van der Waals surface area contributed by atoms with Crippen LogP contribution in [0.3, 0.4) is 0 Å². The first-order chi connectivity index (χ1) is 15.6. The number of aryl methyl sites for hydroxylation is 1. The van der Waals surface area contributed by atoms with Crippen LogP contribution in [0.4, 0.5) is 10.8 Å². The van der Waals surface area contributed by atoms with Gasteiger partial charge in [0.25, 0.3) is 5.91 Å². The SMILES string of the molecule is COc1ccc(NC(=O)C2CCCc3sc(NC(=O)c4ccc5c(c4)OCO5)nc32)cc1. The molecule has 2 aliphatic rings. The molecule has 32 heavy (non-hydrogen) atoms. The normalized spacial score (nSPS) is 16.2. The van der Waals surface area contributed by atoms with Gasteiger partial charge < -0.3 is 19.5 Å². The fourth-order valence-electron chi connectivity index (χ4n) is 3.84. The van der Waals surface area contributed by atoms with Crippen LogP contribution in [0.1, 0.15) is 39.7 Å². The number of amides is 2. The highest BCUT2D eigenvalue weighted by Gasteiger charge is 2.31. The molecule has 0 fully saturated rings. The highest BCUT2D eigenvalue weighted by atomic mass is 32.1. The minimum absolute atomic E-state index is 0.102. The molecular weight excluding hydrogens is 430 g/mol. The third-order valence-electron chi connectivity index (χ3n) is 5.48. The van der Waals surface area contributed by atoms with Crippen molar-refractivity contribution in [2.24, 2.45) is 0 Å². The van der Waals surface area contributed by atoms with Crippen molar-refractivity contribution in [2.75, 3.05) is 24.5 Å². The van der Waals surface area contributed by atoms with E-state index >= 15 is 0 Å². The average molecular weight is 452 g/mol. The zero-order valence-corrected chi connectivity index (χ0v) is 18.2. The number of nitrogens with one attached hydrogen (secondary N) is 2. The number of methoxy groups -OCH3 is 1. The standard InChI is InChI=1S/C23H21N3O5S/c1-29-15-8-6-14(7-9-15)24-22(28)16-3-2-4-19-20(16)25-23(32-19)26-21(27)13-5-10-17-18(11-13)31-12-30-17/h5-11,16H,2-4,12H2,1H3,(H,24,28)(H,25,26,27). The molecule has 1 atom stereocenters. The van der Waals surface area contributed by atoms with E-state index in [1.807, 2.05) is 0 Å². The third kappa shape index (κ3) is 3.99. The molecule has 9 heteroatoms. The van der Waals surface area contributed by atoms with Crippen molar-refractivity contribution in [3.63, 3.8) is 0 Å². The van der Waals surface area contributed by atoms with Crippen LogP contribution in [0.25, 0.3) is 0 Å². The molecule has 5 rings (SSSR count). The Morgan fingerprint density at radius 1 is 1.09 bits per heavy atom. The van der Waals surface area contributed by atoms with Crippen LogP contribution in [0.5, 0.6) is 17.2 Å². The Bertz CT molecular complexity index is 1170. The Morgan fingerprint density at radius 3 is 2.72 bits per heavy atom. The van der Waals surface area contributed by atoms with Crippen molar-refractivity contribution in [2.45, 2.75) is 25.2 Å². The van der Waals surface area contributed by atoms with Crippen molar-refractivity contribution in [1.82, 2.24) is 4.98 Å². The van der Waals surface area contributed by atoms with Gasteiger partial charge >= 0.3 is 0 Å².